The predicted molar refractivity (Wildman–Crippen MR) is 92.8 cm³/mol. The summed E-state index contributed by atoms with van der Waals surface area (Å²) in [6.07, 6.45) is 5.13. The number of pyridine rings is 1. The van der Waals surface area contributed by atoms with E-state index in [4.69, 9.17) is 0 Å². The zero-order valence-electron chi connectivity index (χ0n) is 13.8. The second-order valence-electron chi connectivity index (χ2n) is 5.88. The lowest BCUT2D eigenvalue weighted by Crippen LogP contribution is -2.44. The third-order valence-corrected chi connectivity index (χ3v) is 5.42. The number of nitrogens with one attached hydrogen (secondary N) is 1. The van der Waals surface area contributed by atoms with E-state index in [-0.39, 0.29) is 17.7 Å². The highest BCUT2D eigenvalue weighted by atomic mass is 32.1. The van der Waals surface area contributed by atoms with Crippen LogP contribution in [0.2, 0.25) is 0 Å². The number of aryl methyl sites for hydroxylation is 1. The van der Waals surface area contributed by atoms with Crippen molar-refractivity contribution in [2.24, 2.45) is 5.92 Å². The van der Waals surface area contributed by atoms with Crippen molar-refractivity contribution in [3.05, 3.63) is 35.1 Å². The first-order valence-corrected chi connectivity index (χ1v) is 8.80. The Kier molecular flexibility index (Phi) is 4.89. The Morgan fingerprint density at radius 3 is 2.96 bits per heavy atom. The molecule has 0 saturated carbocycles. The Morgan fingerprint density at radius 2 is 2.25 bits per heavy atom. The van der Waals surface area contributed by atoms with Crippen LogP contribution in [-0.4, -0.2) is 46.8 Å². The molecule has 1 atom stereocenters. The molecular weight excluding hydrogens is 324 g/mol. The summed E-state index contributed by atoms with van der Waals surface area (Å²) in [5, 5.41) is 3.47. The number of aromatic nitrogens is 2. The van der Waals surface area contributed by atoms with Gasteiger partial charge in [-0.1, -0.05) is 0 Å². The molecular formula is C17H20N4O2S. The second kappa shape index (κ2) is 7.09. The quantitative estimate of drug-likeness (QED) is 0.925. The van der Waals surface area contributed by atoms with Gasteiger partial charge in [0.2, 0.25) is 5.91 Å². The van der Waals surface area contributed by atoms with E-state index < -0.39 is 0 Å². The molecule has 24 heavy (non-hydrogen) atoms. The monoisotopic (exact) mass is 344 g/mol. The van der Waals surface area contributed by atoms with Crippen LogP contribution in [0.25, 0.3) is 10.6 Å². The van der Waals surface area contributed by atoms with Crippen LogP contribution in [-0.2, 0) is 4.79 Å². The lowest BCUT2D eigenvalue weighted by molar-refractivity contribution is -0.125. The minimum atomic E-state index is -0.126. The maximum atomic E-state index is 12.9. The smallest absolute Gasteiger partial charge is 0.265 e. The zero-order chi connectivity index (χ0) is 17.1. The second-order valence-corrected chi connectivity index (χ2v) is 6.88. The molecule has 1 saturated heterocycles. The highest BCUT2D eigenvalue weighted by Crippen LogP contribution is 2.29. The van der Waals surface area contributed by atoms with Crippen LogP contribution in [0.15, 0.2) is 24.5 Å². The van der Waals surface area contributed by atoms with Gasteiger partial charge in [0.25, 0.3) is 5.91 Å². The van der Waals surface area contributed by atoms with E-state index in [0.29, 0.717) is 18.0 Å². The van der Waals surface area contributed by atoms with Crippen molar-refractivity contribution in [1.82, 2.24) is 20.2 Å². The first-order chi connectivity index (χ1) is 11.6. The zero-order valence-corrected chi connectivity index (χ0v) is 14.6. The molecule has 0 aromatic carbocycles. The van der Waals surface area contributed by atoms with Crippen molar-refractivity contribution in [1.29, 1.82) is 0 Å². The molecule has 126 valence electrons. The van der Waals surface area contributed by atoms with Gasteiger partial charge in [-0.3, -0.25) is 14.6 Å². The van der Waals surface area contributed by atoms with Gasteiger partial charge in [-0.2, -0.15) is 0 Å². The molecule has 3 heterocycles. The number of rotatable bonds is 3. The number of carbonyl (C=O) groups is 2. The van der Waals surface area contributed by atoms with Crippen LogP contribution in [0, 0.1) is 12.8 Å². The summed E-state index contributed by atoms with van der Waals surface area (Å²) in [4.78, 5) is 35.8. The molecule has 0 spiro atoms. The van der Waals surface area contributed by atoms with E-state index in [0.717, 1.165) is 29.1 Å². The lowest BCUT2D eigenvalue weighted by atomic mass is 9.97. The number of hydrogen-bond donors (Lipinski definition) is 1. The summed E-state index contributed by atoms with van der Waals surface area (Å²) in [6, 6.07) is 3.79. The Balaban J connectivity index is 1.80. The molecule has 1 N–H and O–H groups in total. The molecule has 7 heteroatoms. The van der Waals surface area contributed by atoms with Crippen molar-refractivity contribution in [2.45, 2.75) is 19.8 Å². The molecule has 1 fully saturated rings. The highest BCUT2D eigenvalue weighted by molar-refractivity contribution is 7.17. The van der Waals surface area contributed by atoms with E-state index in [1.54, 1.807) is 24.3 Å². The van der Waals surface area contributed by atoms with Crippen molar-refractivity contribution < 1.29 is 9.59 Å². The highest BCUT2D eigenvalue weighted by Gasteiger charge is 2.30. The van der Waals surface area contributed by atoms with Gasteiger partial charge < -0.3 is 10.2 Å². The maximum absolute atomic E-state index is 12.9. The van der Waals surface area contributed by atoms with Crippen molar-refractivity contribution in [2.75, 3.05) is 20.1 Å². The minimum Gasteiger partial charge on any atom is -0.359 e. The van der Waals surface area contributed by atoms with E-state index in [1.807, 2.05) is 19.1 Å². The van der Waals surface area contributed by atoms with Crippen molar-refractivity contribution in [3.8, 4) is 10.6 Å². The molecule has 1 aliphatic rings. The van der Waals surface area contributed by atoms with E-state index in [2.05, 4.69) is 15.3 Å². The first-order valence-electron chi connectivity index (χ1n) is 7.99. The normalized spacial score (nSPS) is 17.6. The summed E-state index contributed by atoms with van der Waals surface area (Å²) < 4.78 is 0. The molecule has 0 aliphatic carbocycles. The van der Waals surface area contributed by atoms with Crippen LogP contribution >= 0.6 is 11.3 Å². The standard InChI is InChI=1S/C17H20N4O2S/c1-11-14(24-16(20-11)12-5-3-7-19-9-12)17(23)21-8-4-6-13(10-21)15(22)18-2/h3,5,7,9,13H,4,6,8,10H2,1-2H3,(H,18,22). The number of carbonyl (C=O) groups excluding carboxylic acids is 2. The fraction of sp³-hybridized carbons (Fsp3) is 0.412. The maximum Gasteiger partial charge on any atom is 0.265 e. The van der Waals surface area contributed by atoms with Crippen LogP contribution in [0.4, 0.5) is 0 Å². The fourth-order valence-corrected chi connectivity index (χ4v) is 3.96. The summed E-state index contributed by atoms with van der Waals surface area (Å²) in [5.41, 5.74) is 1.64. The summed E-state index contributed by atoms with van der Waals surface area (Å²) in [7, 11) is 1.64. The van der Waals surface area contributed by atoms with Crippen molar-refractivity contribution in [3.63, 3.8) is 0 Å². The van der Waals surface area contributed by atoms with Gasteiger partial charge in [0.1, 0.15) is 9.88 Å². The fourth-order valence-electron chi connectivity index (χ4n) is 2.93. The van der Waals surface area contributed by atoms with Gasteiger partial charge in [0.05, 0.1) is 11.6 Å². The third kappa shape index (κ3) is 3.31. The van der Waals surface area contributed by atoms with Crippen LogP contribution < -0.4 is 5.32 Å². The Hall–Kier alpha value is -2.28. The van der Waals surface area contributed by atoms with Crippen LogP contribution in [0.3, 0.4) is 0 Å². The van der Waals surface area contributed by atoms with Crippen molar-refractivity contribution >= 4 is 23.2 Å². The van der Waals surface area contributed by atoms with E-state index in [1.165, 1.54) is 11.3 Å². The molecule has 0 radical (unpaired) electrons. The molecule has 2 amide bonds. The van der Waals surface area contributed by atoms with Gasteiger partial charge in [-0.05, 0) is 31.9 Å². The molecule has 6 nitrogen and oxygen atoms in total. The Bertz CT molecular complexity index is 744. The predicted octanol–water partition coefficient (Wildman–Crippen LogP) is 2.11. The van der Waals surface area contributed by atoms with Gasteiger partial charge in [0, 0.05) is 38.1 Å². The van der Waals surface area contributed by atoms with E-state index in [9.17, 15) is 9.59 Å². The van der Waals surface area contributed by atoms with E-state index >= 15 is 0 Å². The molecule has 2 aromatic heterocycles. The number of nitrogens with zero attached hydrogens (tertiary/aromatic N) is 3. The Morgan fingerprint density at radius 1 is 1.42 bits per heavy atom. The van der Waals surface area contributed by atoms with Gasteiger partial charge >= 0.3 is 0 Å². The van der Waals surface area contributed by atoms with Gasteiger partial charge in [0.15, 0.2) is 0 Å². The Labute approximate surface area is 144 Å². The SMILES string of the molecule is CNC(=O)C1CCCN(C(=O)c2sc(-c3cccnc3)nc2C)C1. The average Bonchev–Trinajstić information content (AvgIpc) is 3.03. The van der Waals surface area contributed by atoms with Crippen LogP contribution in [0.5, 0.6) is 0 Å². The number of hydrogen-bond acceptors (Lipinski definition) is 5. The van der Waals surface area contributed by atoms with Crippen LogP contribution in [0.1, 0.15) is 28.2 Å². The third-order valence-electron chi connectivity index (χ3n) is 4.23. The van der Waals surface area contributed by atoms with Gasteiger partial charge in [-0.25, -0.2) is 4.98 Å². The number of piperidine rings is 1. The largest absolute Gasteiger partial charge is 0.359 e. The minimum absolute atomic E-state index is 0.00424. The number of thiazole rings is 1. The lowest BCUT2D eigenvalue weighted by Gasteiger charge is -2.31. The summed E-state index contributed by atoms with van der Waals surface area (Å²) in [5.74, 6) is -0.156. The first kappa shape index (κ1) is 16.6. The number of amides is 2. The molecule has 0 bridgehead atoms. The molecule has 1 aliphatic heterocycles. The topological polar surface area (TPSA) is 75.2 Å². The molecule has 3 rings (SSSR count). The number of likely N-dealkylation sites (tertiary alicyclic amines) is 1. The summed E-state index contributed by atoms with van der Waals surface area (Å²) >= 11 is 1.39. The summed E-state index contributed by atoms with van der Waals surface area (Å²) in [6.45, 7) is 3.01. The van der Waals surface area contributed by atoms with Gasteiger partial charge in [-0.15, -0.1) is 11.3 Å². The molecule has 1 unspecified atom stereocenters. The molecule has 2 aromatic rings. The average molecular weight is 344 g/mol.